The molecular weight excluding hydrogens is 375 g/mol. The first-order valence-corrected chi connectivity index (χ1v) is 9.40. The maximum atomic E-state index is 13.2. The number of nitrogens with one attached hydrogen (secondary N) is 2. The highest BCUT2D eigenvalue weighted by atomic mass is 35.5. The Morgan fingerprint density at radius 3 is 2.64 bits per heavy atom. The van der Waals surface area contributed by atoms with E-state index in [4.69, 9.17) is 11.6 Å². The third-order valence-electron chi connectivity index (χ3n) is 3.89. The lowest BCUT2D eigenvalue weighted by Gasteiger charge is -2.35. The van der Waals surface area contributed by atoms with E-state index in [0.717, 1.165) is 4.90 Å². The van der Waals surface area contributed by atoms with Crippen molar-refractivity contribution in [3.8, 4) is 0 Å². The number of hydrogen-bond donors (Lipinski definition) is 2. The molecule has 1 aromatic rings. The highest BCUT2D eigenvalue weighted by Gasteiger charge is 2.43. The first-order chi connectivity index (χ1) is 11.9. The molecule has 1 fully saturated rings. The summed E-state index contributed by atoms with van der Waals surface area (Å²) in [5.41, 5.74) is 0. The summed E-state index contributed by atoms with van der Waals surface area (Å²) in [4.78, 5) is 14.1. The van der Waals surface area contributed by atoms with Gasteiger partial charge in [0.15, 0.2) is 0 Å². The topological polar surface area (TPSA) is 44.4 Å². The van der Waals surface area contributed by atoms with Crippen LogP contribution in [0.3, 0.4) is 0 Å². The van der Waals surface area contributed by atoms with E-state index >= 15 is 0 Å². The van der Waals surface area contributed by atoms with Gasteiger partial charge in [0.25, 0.3) is 0 Å². The van der Waals surface area contributed by atoms with E-state index in [9.17, 15) is 18.0 Å². The molecule has 1 aliphatic rings. The van der Waals surface area contributed by atoms with Crippen LogP contribution in [0.2, 0.25) is 5.02 Å². The molecule has 0 spiro atoms. The summed E-state index contributed by atoms with van der Waals surface area (Å²) in [7, 11) is 0. The van der Waals surface area contributed by atoms with Crippen molar-refractivity contribution in [1.29, 1.82) is 0 Å². The Kier molecular flexibility index (Phi) is 7.86. The summed E-state index contributed by atoms with van der Waals surface area (Å²) in [6.45, 7) is 1.27. The third-order valence-corrected chi connectivity index (χ3v) is 5.40. The molecule has 4 nitrogen and oxygen atoms in total. The number of halogens is 4. The lowest BCUT2D eigenvalue weighted by atomic mass is 10.2. The Labute approximate surface area is 154 Å². The minimum absolute atomic E-state index is 0.141. The summed E-state index contributed by atoms with van der Waals surface area (Å²) in [5, 5.41) is 6.04. The highest BCUT2D eigenvalue weighted by molar-refractivity contribution is 7.99. The van der Waals surface area contributed by atoms with Crippen LogP contribution in [0, 0.1) is 0 Å². The molecule has 1 atom stereocenters. The molecular formula is C16H21ClF3N3OS. The van der Waals surface area contributed by atoms with Gasteiger partial charge in [-0.15, -0.1) is 11.8 Å². The van der Waals surface area contributed by atoms with Crippen LogP contribution in [0.15, 0.2) is 29.2 Å². The molecule has 1 saturated heterocycles. The van der Waals surface area contributed by atoms with Crippen molar-refractivity contribution < 1.29 is 18.0 Å². The van der Waals surface area contributed by atoms with Crippen LogP contribution in [0.4, 0.5) is 13.2 Å². The van der Waals surface area contributed by atoms with Gasteiger partial charge in [0.05, 0.1) is 5.02 Å². The molecule has 0 aromatic heterocycles. The molecule has 0 radical (unpaired) electrons. The second kappa shape index (κ2) is 9.66. The Hall–Kier alpha value is -0.960. The van der Waals surface area contributed by atoms with Crippen LogP contribution in [-0.4, -0.2) is 61.5 Å². The van der Waals surface area contributed by atoms with E-state index in [1.807, 2.05) is 18.2 Å². The fourth-order valence-corrected chi connectivity index (χ4v) is 3.75. The lowest BCUT2D eigenvalue weighted by molar-refractivity contribution is -0.184. The van der Waals surface area contributed by atoms with Crippen molar-refractivity contribution in [3.63, 3.8) is 0 Å². The number of piperazine rings is 1. The highest BCUT2D eigenvalue weighted by Crippen LogP contribution is 2.27. The van der Waals surface area contributed by atoms with Crippen molar-refractivity contribution in [2.45, 2.75) is 23.5 Å². The summed E-state index contributed by atoms with van der Waals surface area (Å²) in [6.07, 6.45) is -4.22. The molecule has 2 rings (SSSR count). The summed E-state index contributed by atoms with van der Waals surface area (Å²) >= 11 is 7.43. The zero-order valence-electron chi connectivity index (χ0n) is 13.6. The van der Waals surface area contributed by atoms with Crippen LogP contribution in [0.5, 0.6) is 0 Å². The fourth-order valence-electron chi connectivity index (χ4n) is 2.56. The number of hydrogen-bond acceptors (Lipinski definition) is 4. The normalized spacial score (nSPS) is 17.3. The second-order valence-electron chi connectivity index (χ2n) is 5.68. The SMILES string of the molecule is O=C(CCSc1ccccc1Cl)NCC(N1CCNCC1)C(F)(F)F. The van der Waals surface area contributed by atoms with Gasteiger partial charge >= 0.3 is 6.18 Å². The molecule has 1 unspecified atom stereocenters. The van der Waals surface area contributed by atoms with Gasteiger partial charge in [0.2, 0.25) is 5.91 Å². The minimum Gasteiger partial charge on any atom is -0.354 e. The molecule has 0 bridgehead atoms. The first-order valence-electron chi connectivity index (χ1n) is 8.03. The van der Waals surface area contributed by atoms with Crippen LogP contribution in [0.1, 0.15) is 6.42 Å². The molecule has 25 heavy (non-hydrogen) atoms. The molecule has 0 saturated carbocycles. The number of thioether (sulfide) groups is 1. The maximum Gasteiger partial charge on any atom is 0.405 e. The fraction of sp³-hybridized carbons (Fsp3) is 0.562. The number of alkyl halides is 3. The smallest absolute Gasteiger partial charge is 0.354 e. The van der Waals surface area contributed by atoms with Crippen molar-refractivity contribution in [3.05, 3.63) is 29.3 Å². The average molecular weight is 396 g/mol. The van der Waals surface area contributed by atoms with E-state index in [2.05, 4.69) is 10.6 Å². The van der Waals surface area contributed by atoms with Gasteiger partial charge in [-0.1, -0.05) is 23.7 Å². The van der Waals surface area contributed by atoms with E-state index in [-0.39, 0.29) is 12.3 Å². The Morgan fingerprint density at radius 2 is 2.00 bits per heavy atom. The van der Waals surface area contributed by atoms with Gasteiger partial charge in [-0.3, -0.25) is 9.69 Å². The van der Waals surface area contributed by atoms with Crippen molar-refractivity contribution in [1.82, 2.24) is 15.5 Å². The van der Waals surface area contributed by atoms with E-state index in [1.165, 1.54) is 16.7 Å². The second-order valence-corrected chi connectivity index (χ2v) is 7.22. The van der Waals surface area contributed by atoms with E-state index < -0.39 is 18.8 Å². The summed E-state index contributed by atoms with van der Waals surface area (Å²) < 4.78 is 39.7. The van der Waals surface area contributed by atoms with Gasteiger partial charge in [-0.2, -0.15) is 13.2 Å². The number of rotatable bonds is 7. The van der Waals surface area contributed by atoms with Crippen molar-refractivity contribution in [2.75, 3.05) is 38.5 Å². The van der Waals surface area contributed by atoms with Gasteiger partial charge < -0.3 is 10.6 Å². The quantitative estimate of drug-likeness (QED) is 0.697. The molecule has 0 aliphatic carbocycles. The number of carbonyl (C=O) groups is 1. The van der Waals surface area contributed by atoms with Gasteiger partial charge in [-0.25, -0.2) is 0 Å². The van der Waals surface area contributed by atoms with Gasteiger partial charge in [0.1, 0.15) is 6.04 Å². The van der Waals surface area contributed by atoms with E-state index in [0.29, 0.717) is 37.0 Å². The van der Waals surface area contributed by atoms with Crippen LogP contribution in [-0.2, 0) is 4.79 Å². The predicted octanol–water partition coefficient (Wildman–Crippen LogP) is 2.77. The third kappa shape index (κ3) is 6.69. The van der Waals surface area contributed by atoms with Crippen LogP contribution in [0.25, 0.3) is 0 Å². The monoisotopic (exact) mass is 395 g/mol. The predicted molar refractivity (Wildman–Crippen MR) is 94.1 cm³/mol. The number of nitrogens with zero attached hydrogens (tertiary/aromatic N) is 1. The molecule has 2 N–H and O–H groups in total. The molecule has 1 amide bonds. The number of benzene rings is 1. The number of carbonyl (C=O) groups excluding carboxylic acids is 1. The Bertz CT molecular complexity index is 568. The first kappa shape index (κ1) is 20.4. The van der Waals surface area contributed by atoms with Crippen molar-refractivity contribution >= 4 is 29.3 Å². The molecule has 140 valence electrons. The lowest BCUT2D eigenvalue weighted by Crippen LogP contribution is -2.57. The zero-order chi connectivity index (χ0) is 18.3. The standard InChI is InChI=1S/C16H21ClF3N3OS/c17-12-3-1-2-4-13(12)25-10-5-15(24)22-11-14(16(18,19)20)23-8-6-21-7-9-23/h1-4,14,21H,5-11H2,(H,22,24). The van der Waals surface area contributed by atoms with Gasteiger partial charge in [0, 0.05) is 49.8 Å². The van der Waals surface area contributed by atoms with Crippen molar-refractivity contribution in [2.24, 2.45) is 0 Å². The largest absolute Gasteiger partial charge is 0.405 e. The summed E-state index contributed by atoms with van der Waals surface area (Å²) in [6, 6.07) is 5.61. The number of amides is 1. The minimum atomic E-state index is -4.36. The van der Waals surface area contributed by atoms with Crippen LogP contribution >= 0.6 is 23.4 Å². The molecule has 1 aliphatic heterocycles. The molecule has 9 heteroatoms. The Balaban J connectivity index is 1.77. The zero-order valence-corrected chi connectivity index (χ0v) is 15.2. The summed E-state index contributed by atoms with van der Waals surface area (Å²) in [5.74, 6) is 0.0730. The Morgan fingerprint density at radius 1 is 1.32 bits per heavy atom. The van der Waals surface area contributed by atoms with E-state index in [1.54, 1.807) is 6.07 Å². The molecule has 1 aromatic carbocycles. The van der Waals surface area contributed by atoms with Gasteiger partial charge in [-0.05, 0) is 12.1 Å². The molecule has 1 heterocycles. The maximum absolute atomic E-state index is 13.2. The average Bonchev–Trinajstić information content (AvgIpc) is 2.56. The van der Waals surface area contributed by atoms with Crippen LogP contribution < -0.4 is 10.6 Å².